The number of rotatable bonds is 9. The summed E-state index contributed by atoms with van der Waals surface area (Å²) >= 11 is 0. The second-order valence-electron chi connectivity index (χ2n) is 5.62. The molecule has 0 radical (unpaired) electrons. The normalized spacial score (nSPS) is 12.0. The van der Waals surface area contributed by atoms with Crippen LogP contribution < -0.4 is 5.32 Å². The molecular formula is C17H28N2O3. The third-order valence-electron chi connectivity index (χ3n) is 3.61. The number of benzene rings is 1. The van der Waals surface area contributed by atoms with Crippen LogP contribution in [0.3, 0.4) is 0 Å². The predicted octanol–water partition coefficient (Wildman–Crippen LogP) is 2.52. The molecule has 1 atom stereocenters. The van der Waals surface area contributed by atoms with E-state index in [4.69, 9.17) is 5.11 Å². The van der Waals surface area contributed by atoms with Gasteiger partial charge in [-0.2, -0.15) is 0 Å². The van der Waals surface area contributed by atoms with E-state index in [0.29, 0.717) is 13.1 Å². The van der Waals surface area contributed by atoms with E-state index in [1.807, 2.05) is 19.1 Å². The Kier molecular flexibility index (Phi) is 8.36. The van der Waals surface area contributed by atoms with Gasteiger partial charge in [0.2, 0.25) is 0 Å². The van der Waals surface area contributed by atoms with E-state index >= 15 is 0 Å². The van der Waals surface area contributed by atoms with Gasteiger partial charge in [-0.1, -0.05) is 25.5 Å². The van der Waals surface area contributed by atoms with Crippen LogP contribution in [0.4, 0.5) is 4.79 Å². The number of carbonyl (C=O) groups excluding carboxylic acids is 1. The molecule has 0 saturated carbocycles. The van der Waals surface area contributed by atoms with Crippen LogP contribution in [-0.2, 0) is 6.42 Å². The summed E-state index contributed by atoms with van der Waals surface area (Å²) in [7, 11) is 0. The van der Waals surface area contributed by atoms with Crippen molar-refractivity contribution < 1.29 is 15.0 Å². The monoisotopic (exact) mass is 308 g/mol. The molecule has 0 aromatic heterocycles. The summed E-state index contributed by atoms with van der Waals surface area (Å²) in [5, 5.41) is 21.3. The van der Waals surface area contributed by atoms with E-state index in [9.17, 15) is 9.90 Å². The molecule has 22 heavy (non-hydrogen) atoms. The van der Waals surface area contributed by atoms with Crippen LogP contribution in [0.25, 0.3) is 0 Å². The maximum Gasteiger partial charge on any atom is 0.317 e. The fraction of sp³-hybridized carbons (Fsp3) is 0.588. The maximum absolute atomic E-state index is 12.2. The van der Waals surface area contributed by atoms with E-state index < -0.39 is 0 Å². The third kappa shape index (κ3) is 6.80. The number of aliphatic hydroxyl groups excluding tert-OH is 1. The third-order valence-corrected chi connectivity index (χ3v) is 3.61. The number of aromatic hydroxyl groups is 1. The molecule has 1 aromatic rings. The molecule has 1 unspecified atom stereocenters. The molecule has 1 aromatic carbocycles. The Morgan fingerprint density at radius 2 is 1.95 bits per heavy atom. The van der Waals surface area contributed by atoms with Crippen LogP contribution in [0, 0.1) is 0 Å². The van der Waals surface area contributed by atoms with Crippen molar-refractivity contribution in [1.82, 2.24) is 10.2 Å². The molecular weight excluding hydrogens is 280 g/mol. The standard InChI is InChI=1S/C17H28N2O3/c1-3-4-11-19(12-13-20)17(22)18-14(2)5-6-15-7-9-16(21)10-8-15/h7-10,14,20-21H,3-6,11-13H2,1-2H3,(H,18,22). The van der Waals surface area contributed by atoms with Crippen molar-refractivity contribution in [1.29, 1.82) is 0 Å². The number of urea groups is 1. The minimum atomic E-state index is -0.110. The Morgan fingerprint density at radius 3 is 2.55 bits per heavy atom. The van der Waals surface area contributed by atoms with E-state index in [2.05, 4.69) is 12.2 Å². The number of hydrogen-bond acceptors (Lipinski definition) is 3. The summed E-state index contributed by atoms with van der Waals surface area (Å²) in [6.45, 7) is 5.09. The first kappa shape index (κ1) is 18.3. The van der Waals surface area contributed by atoms with Gasteiger partial charge in [0, 0.05) is 19.1 Å². The fourth-order valence-corrected chi connectivity index (χ4v) is 2.20. The van der Waals surface area contributed by atoms with Crippen LogP contribution >= 0.6 is 0 Å². The van der Waals surface area contributed by atoms with Crippen molar-refractivity contribution >= 4 is 6.03 Å². The van der Waals surface area contributed by atoms with Crippen molar-refractivity contribution in [2.45, 2.75) is 45.6 Å². The molecule has 0 bridgehead atoms. The lowest BCUT2D eigenvalue weighted by molar-refractivity contribution is 0.173. The smallest absolute Gasteiger partial charge is 0.317 e. The lowest BCUT2D eigenvalue weighted by atomic mass is 10.1. The second-order valence-corrected chi connectivity index (χ2v) is 5.62. The van der Waals surface area contributed by atoms with Crippen LogP contribution in [0.15, 0.2) is 24.3 Å². The minimum absolute atomic E-state index is 0.0149. The van der Waals surface area contributed by atoms with Gasteiger partial charge in [0.05, 0.1) is 6.61 Å². The van der Waals surface area contributed by atoms with E-state index in [-0.39, 0.29) is 24.4 Å². The Hall–Kier alpha value is -1.75. The van der Waals surface area contributed by atoms with Crippen molar-refractivity contribution in [3.63, 3.8) is 0 Å². The van der Waals surface area contributed by atoms with Crippen molar-refractivity contribution in [3.8, 4) is 5.75 Å². The maximum atomic E-state index is 12.2. The highest BCUT2D eigenvalue weighted by atomic mass is 16.3. The van der Waals surface area contributed by atoms with Gasteiger partial charge in [0.25, 0.3) is 0 Å². The van der Waals surface area contributed by atoms with Crippen LogP contribution in [0.5, 0.6) is 5.75 Å². The molecule has 1 rings (SSSR count). The number of aliphatic hydroxyl groups is 1. The average Bonchev–Trinajstić information content (AvgIpc) is 2.50. The number of nitrogens with one attached hydrogen (secondary N) is 1. The molecule has 124 valence electrons. The number of carbonyl (C=O) groups is 1. The summed E-state index contributed by atoms with van der Waals surface area (Å²) in [6, 6.07) is 7.08. The Labute approximate surface area is 133 Å². The first-order chi connectivity index (χ1) is 10.6. The number of phenolic OH excluding ortho intramolecular Hbond substituents is 1. The number of nitrogens with zero attached hydrogens (tertiary/aromatic N) is 1. The van der Waals surface area contributed by atoms with Crippen molar-refractivity contribution in [2.75, 3.05) is 19.7 Å². The average molecular weight is 308 g/mol. The molecule has 2 amide bonds. The predicted molar refractivity (Wildman–Crippen MR) is 88.0 cm³/mol. The lowest BCUT2D eigenvalue weighted by Crippen LogP contribution is -2.45. The number of aryl methyl sites for hydroxylation is 1. The van der Waals surface area contributed by atoms with Gasteiger partial charge >= 0.3 is 6.03 Å². The van der Waals surface area contributed by atoms with E-state index in [1.165, 1.54) is 0 Å². The van der Waals surface area contributed by atoms with Gasteiger partial charge in [-0.25, -0.2) is 4.79 Å². The Balaban J connectivity index is 2.39. The Morgan fingerprint density at radius 1 is 1.27 bits per heavy atom. The summed E-state index contributed by atoms with van der Waals surface area (Å²) in [5.41, 5.74) is 1.14. The van der Waals surface area contributed by atoms with Crippen LogP contribution in [0.2, 0.25) is 0 Å². The molecule has 0 fully saturated rings. The number of amides is 2. The molecule has 0 aliphatic carbocycles. The van der Waals surface area contributed by atoms with Gasteiger partial charge < -0.3 is 20.4 Å². The molecule has 0 heterocycles. The lowest BCUT2D eigenvalue weighted by Gasteiger charge is -2.24. The number of phenols is 1. The quantitative estimate of drug-likeness (QED) is 0.656. The summed E-state index contributed by atoms with van der Waals surface area (Å²) in [4.78, 5) is 13.8. The van der Waals surface area contributed by atoms with Gasteiger partial charge in [-0.05, 0) is 43.9 Å². The van der Waals surface area contributed by atoms with Crippen molar-refractivity contribution in [2.24, 2.45) is 0 Å². The second kappa shape index (κ2) is 10.1. The molecule has 3 N–H and O–H groups in total. The highest BCUT2D eigenvalue weighted by Gasteiger charge is 2.14. The SMILES string of the molecule is CCCCN(CCO)C(=O)NC(C)CCc1ccc(O)cc1. The van der Waals surface area contributed by atoms with Gasteiger partial charge in [0.1, 0.15) is 5.75 Å². The van der Waals surface area contributed by atoms with Gasteiger partial charge in [-0.3, -0.25) is 0 Å². The first-order valence-electron chi connectivity index (χ1n) is 8.01. The zero-order valence-corrected chi connectivity index (χ0v) is 13.6. The van der Waals surface area contributed by atoms with E-state index in [0.717, 1.165) is 31.2 Å². The topological polar surface area (TPSA) is 72.8 Å². The molecule has 0 spiro atoms. The minimum Gasteiger partial charge on any atom is -0.508 e. The molecule has 0 aliphatic rings. The van der Waals surface area contributed by atoms with Gasteiger partial charge in [0.15, 0.2) is 0 Å². The van der Waals surface area contributed by atoms with Crippen molar-refractivity contribution in [3.05, 3.63) is 29.8 Å². The zero-order chi connectivity index (χ0) is 16.4. The number of unbranched alkanes of at least 4 members (excludes halogenated alkanes) is 1. The summed E-state index contributed by atoms with van der Waals surface area (Å²) in [6.07, 6.45) is 3.63. The molecule has 5 nitrogen and oxygen atoms in total. The Bertz CT molecular complexity index is 434. The first-order valence-corrected chi connectivity index (χ1v) is 8.01. The molecule has 0 aliphatic heterocycles. The summed E-state index contributed by atoms with van der Waals surface area (Å²) in [5.74, 6) is 0.265. The zero-order valence-electron chi connectivity index (χ0n) is 13.6. The molecule has 5 heteroatoms. The van der Waals surface area contributed by atoms with Gasteiger partial charge in [-0.15, -0.1) is 0 Å². The largest absolute Gasteiger partial charge is 0.508 e. The fourth-order valence-electron chi connectivity index (χ4n) is 2.20. The number of hydrogen-bond donors (Lipinski definition) is 3. The highest BCUT2D eigenvalue weighted by molar-refractivity contribution is 5.74. The summed E-state index contributed by atoms with van der Waals surface area (Å²) < 4.78 is 0. The van der Waals surface area contributed by atoms with E-state index in [1.54, 1.807) is 17.0 Å². The highest BCUT2D eigenvalue weighted by Crippen LogP contribution is 2.12. The van der Waals surface area contributed by atoms with Crippen LogP contribution in [-0.4, -0.2) is 46.9 Å². The molecule has 0 saturated heterocycles. The van der Waals surface area contributed by atoms with Crippen LogP contribution in [0.1, 0.15) is 38.7 Å².